The normalized spacial score (nSPS) is 14.2. The number of H-pyrrole nitrogens is 1. The van der Waals surface area contributed by atoms with E-state index >= 15 is 0 Å². The molecule has 1 fully saturated rings. The summed E-state index contributed by atoms with van der Waals surface area (Å²) in [6, 6.07) is 13.5. The molecule has 0 saturated heterocycles. The Bertz CT molecular complexity index is 2190. The zero-order chi connectivity index (χ0) is 38.7. The minimum absolute atomic E-state index is 0.0190. The molecule has 282 valence electrons. The molecule has 4 aromatic rings. The number of sulfone groups is 1. The van der Waals surface area contributed by atoms with Gasteiger partial charge in [-0.3, -0.25) is 10.1 Å². The van der Waals surface area contributed by atoms with Crippen molar-refractivity contribution in [2.24, 2.45) is 0 Å². The van der Waals surface area contributed by atoms with Gasteiger partial charge < -0.3 is 29.8 Å². The largest absolute Gasteiger partial charge is 0.479 e. The van der Waals surface area contributed by atoms with Crippen LogP contribution in [0.5, 0.6) is 0 Å². The second kappa shape index (κ2) is 15.7. The Morgan fingerprint density at radius 1 is 1.06 bits per heavy atom. The number of amides is 2. The van der Waals surface area contributed by atoms with Crippen molar-refractivity contribution in [1.29, 1.82) is 0 Å². The van der Waals surface area contributed by atoms with Gasteiger partial charge in [-0.15, -0.1) is 0 Å². The Morgan fingerprint density at radius 3 is 2.42 bits per heavy atom. The molecule has 5 rings (SSSR count). The number of aromatic nitrogens is 2. The Labute approximate surface area is 307 Å². The van der Waals surface area contributed by atoms with Crippen LogP contribution in [-0.2, 0) is 30.7 Å². The number of carboxylic acid groups (broad SMARTS) is 1. The number of benzene rings is 3. The number of anilines is 2. The molecule has 0 aliphatic heterocycles. The summed E-state index contributed by atoms with van der Waals surface area (Å²) < 4.78 is 37.5. The fraction of sp³-hybridized carbons (Fsp3) is 0.395. The second-order valence-corrected chi connectivity index (χ2v) is 16.4. The van der Waals surface area contributed by atoms with Crippen LogP contribution in [0.15, 0.2) is 70.6 Å². The lowest BCUT2D eigenvalue weighted by Crippen LogP contribution is -2.34. The maximum atomic E-state index is 13.2. The lowest BCUT2D eigenvalue weighted by atomic mass is 9.90. The van der Waals surface area contributed by atoms with Crippen LogP contribution in [0.2, 0.25) is 0 Å². The van der Waals surface area contributed by atoms with Crippen molar-refractivity contribution in [2.75, 3.05) is 24.3 Å². The number of hydrogen-bond acceptors (Lipinski definition) is 10. The first-order valence-electron chi connectivity index (χ1n) is 17.3. The minimum Gasteiger partial charge on any atom is -0.479 e. The first-order chi connectivity index (χ1) is 25.0. The Kier molecular flexibility index (Phi) is 11.5. The van der Waals surface area contributed by atoms with Gasteiger partial charge >= 0.3 is 18.2 Å². The van der Waals surface area contributed by atoms with Crippen molar-refractivity contribution in [1.82, 2.24) is 14.9 Å². The molecule has 1 saturated carbocycles. The first kappa shape index (κ1) is 38.8. The summed E-state index contributed by atoms with van der Waals surface area (Å²) in [5, 5.41) is 15.6. The number of hydrogen-bond donors (Lipinski definition) is 4. The summed E-state index contributed by atoms with van der Waals surface area (Å²) in [5.74, 6) is -1.32. The quantitative estimate of drug-likeness (QED) is 0.116. The molecule has 14 nitrogen and oxygen atoms in total. The predicted octanol–water partition coefficient (Wildman–Crippen LogP) is 6.51. The molecule has 0 spiro atoms. The number of carbonyl (C=O) groups is 3. The number of aromatic amines is 1. The van der Waals surface area contributed by atoms with Crippen molar-refractivity contribution < 1.29 is 37.4 Å². The number of nitrogens with zero attached hydrogens (tertiary/aromatic N) is 2. The molecule has 2 amide bonds. The van der Waals surface area contributed by atoms with Gasteiger partial charge in [-0.1, -0.05) is 25.1 Å². The Morgan fingerprint density at radius 2 is 1.77 bits per heavy atom. The Balaban J connectivity index is 1.27. The topological polar surface area (TPSA) is 197 Å². The third kappa shape index (κ3) is 9.52. The van der Waals surface area contributed by atoms with E-state index in [0.717, 1.165) is 11.1 Å². The fourth-order valence-corrected chi connectivity index (χ4v) is 7.85. The van der Waals surface area contributed by atoms with E-state index in [1.165, 1.54) is 36.5 Å². The van der Waals surface area contributed by atoms with E-state index in [2.05, 4.69) is 20.6 Å². The van der Waals surface area contributed by atoms with Gasteiger partial charge in [0.2, 0.25) is 0 Å². The highest BCUT2D eigenvalue weighted by atomic mass is 32.2. The van der Waals surface area contributed by atoms with E-state index in [1.807, 2.05) is 19.9 Å². The molecule has 2 atom stereocenters. The maximum Gasteiger partial charge on any atom is 0.411 e. The molecule has 0 radical (unpaired) electrons. The van der Waals surface area contributed by atoms with E-state index in [1.54, 1.807) is 51.1 Å². The molecule has 1 aliphatic carbocycles. The van der Waals surface area contributed by atoms with Gasteiger partial charge in [0.1, 0.15) is 12.2 Å². The molecule has 3 aromatic carbocycles. The number of ether oxygens (including phenoxy) is 2. The number of rotatable bonds is 13. The molecule has 15 heteroatoms. The van der Waals surface area contributed by atoms with Crippen LogP contribution in [0.4, 0.5) is 21.0 Å². The molecule has 1 heterocycles. The van der Waals surface area contributed by atoms with E-state index in [0.29, 0.717) is 52.7 Å². The summed E-state index contributed by atoms with van der Waals surface area (Å²) >= 11 is 0. The second-order valence-electron chi connectivity index (χ2n) is 14.2. The van der Waals surface area contributed by atoms with E-state index in [-0.39, 0.29) is 29.5 Å². The molecular formula is C38H45N5O9S. The van der Waals surface area contributed by atoms with Crippen molar-refractivity contribution in [2.45, 2.75) is 88.1 Å². The highest BCUT2D eigenvalue weighted by Gasteiger charge is 2.38. The van der Waals surface area contributed by atoms with Crippen molar-refractivity contribution in [3.05, 3.63) is 93.5 Å². The van der Waals surface area contributed by atoms with Crippen LogP contribution in [0.25, 0.3) is 10.9 Å². The van der Waals surface area contributed by atoms with E-state index in [9.17, 15) is 32.7 Å². The third-order valence-corrected chi connectivity index (χ3v) is 11.2. The van der Waals surface area contributed by atoms with E-state index in [4.69, 9.17) is 9.47 Å². The summed E-state index contributed by atoms with van der Waals surface area (Å²) in [5.41, 5.74) is 2.66. The average molecular weight is 748 g/mol. The molecule has 1 aromatic heterocycles. The van der Waals surface area contributed by atoms with Crippen molar-refractivity contribution >= 4 is 50.3 Å². The van der Waals surface area contributed by atoms with Crippen molar-refractivity contribution in [3.8, 4) is 0 Å². The zero-order valence-electron chi connectivity index (χ0n) is 30.6. The van der Waals surface area contributed by atoms with Crippen LogP contribution in [0.3, 0.4) is 0 Å². The number of carboxylic acids is 1. The molecule has 4 N–H and O–H groups in total. The fourth-order valence-electron chi connectivity index (χ4n) is 5.98. The van der Waals surface area contributed by atoms with Gasteiger partial charge in [-0.25, -0.2) is 27.8 Å². The molecule has 0 bridgehead atoms. The van der Waals surface area contributed by atoms with Gasteiger partial charge in [0, 0.05) is 24.3 Å². The monoisotopic (exact) mass is 747 g/mol. The van der Waals surface area contributed by atoms with Gasteiger partial charge in [-0.2, -0.15) is 0 Å². The van der Waals surface area contributed by atoms with Crippen molar-refractivity contribution in [3.63, 3.8) is 0 Å². The summed E-state index contributed by atoms with van der Waals surface area (Å²) in [6.07, 6.45) is 1.69. The smallest absolute Gasteiger partial charge is 0.411 e. The van der Waals surface area contributed by atoms with Crippen LogP contribution in [-0.4, -0.2) is 71.1 Å². The molecular weight excluding hydrogens is 703 g/mol. The number of carbonyl (C=O) groups excluding carboxylic acids is 2. The van der Waals surface area contributed by atoms with Crippen LogP contribution < -0.4 is 16.2 Å². The highest BCUT2D eigenvalue weighted by Crippen LogP contribution is 2.36. The zero-order valence-corrected chi connectivity index (χ0v) is 31.4. The lowest BCUT2D eigenvalue weighted by Gasteiger charge is -2.25. The highest BCUT2D eigenvalue weighted by molar-refractivity contribution is 7.92. The standard InChI is InChI=1S/C38H45N5O9S/c1-7-23(29-13-8-24(16-22(29)2)33(35(45)46)41-27-9-14-31-30(18-27)34(44)40-21-39-31)20-51-36(47)42-26-10-15-32(53(49,50)28-11-12-28)25(17-26)19-43(6)37(48)52-38(3,4)5/h8-10,13-18,21,23,28,33,41H,7,11-12,19-20H2,1-6H3,(H,42,47)(H,45,46)(H,39,40,44)/t23-,33?/m0/s1. The van der Waals surface area contributed by atoms with Gasteiger partial charge in [0.05, 0.1) is 33.9 Å². The summed E-state index contributed by atoms with van der Waals surface area (Å²) in [6.45, 7) is 8.97. The molecule has 1 aliphatic rings. The van der Waals surface area contributed by atoms with Crippen LogP contribution in [0, 0.1) is 6.92 Å². The number of aliphatic carboxylic acids is 1. The van der Waals surface area contributed by atoms with Crippen LogP contribution >= 0.6 is 0 Å². The van der Waals surface area contributed by atoms with E-state index < -0.39 is 44.9 Å². The van der Waals surface area contributed by atoms with Gasteiger partial charge in [0.25, 0.3) is 5.56 Å². The number of aryl methyl sites for hydroxylation is 1. The average Bonchev–Trinajstić information content (AvgIpc) is 3.94. The third-order valence-electron chi connectivity index (χ3n) is 8.86. The van der Waals surface area contributed by atoms with Gasteiger partial charge in [-0.05, 0) is 106 Å². The lowest BCUT2D eigenvalue weighted by molar-refractivity contribution is -0.138. The predicted molar refractivity (Wildman–Crippen MR) is 200 cm³/mol. The van der Waals surface area contributed by atoms with Gasteiger partial charge in [0.15, 0.2) is 15.9 Å². The molecule has 53 heavy (non-hydrogen) atoms. The first-order valence-corrected chi connectivity index (χ1v) is 18.8. The molecule has 1 unspecified atom stereocenters. The Hall–Kier alpha value is -5.44. The summed E-state index contributed by atoms with van der Waals surface area (Å²) in [4.78, 5) is 58.3. The summed E-state index contributed by atoms with van der Waals surface area (Å²) in [7, 11) is -2.11. The SMILES string of the molecule is CC[C@@H](COC(=O)Nc1ccc(S(=O)(=O)C2CC2)c(CN(C)C(=O)OC(C)(C)C)c1)c1ccc(C(Nc2ccc3nc[nH]c(=O)c3c2)C(=O)O)cc1C. The maximum absolute atomic E-state index is 13.2. The minimum atomic E-state index is -3.62. The van der Waals surface area contributed by atoms with Crippen LogP contribution in [0.1, 0.15) is 81.2 Å². The number of nitrogens with one attached hydrogen (secondary N) is 3. The number of fused-ring (bicyclic) bond motifs is 1.